The molecule has 0 spiro atoms. The average molecular weight is 396 g/mol. The third-order valence-corrected chi connectivity index (χ3v) is 4.40. The van der Waals surface area contributed by atoms with Gasteiger partial charge in [-0.05, 0) is 42.3 Å². The smallest absolute Gasteiger partial charge is 0.171 e. The Balaban J connectivity index is 1.84. The lowest BCUT2D eigenvalue weighted by Crippen LogP contribution is -2.10. The summed E-state index contributed by atoms with van der Waals surface area (Å²) in [6.45, 7) is 1.98. The van der Waals surface area contributed by atoms with Gasteiger partial charge in [0.05, 0.1) is 5.56 Å². The van der Waals surface area contributed by atoms with E-state index in [9.17, 15) is 4.79 Å². The number of ketones is 1. The normalized spacial score (nSPS) is 11.8. The molecule has 4 heteroatoms. The Morgan fingerprint density at radius 2 is 1.92 bits per heavy atom. The zero-order valence-corrected chi connectivity index (χ0v) is 15.4. The van der Waals surface area contributed by atoms with Crippen LogP contribution in [0.3, 0.4) is 0 Å². The van der Waals surface area contributed by atoms with Crippen LogP contribution in [0.15, 0.2) is 77.5 Å². The van der Waals surface area contributed by atoms with Crippen LogP contribution in [0.25, 0.3) is 0 Å². The molecule has 3 rings (SSSR count). The van der Waals surface area contributed by atoms with Gasteiger partial charge in [0.25, 0.3) is 0 Å². The van der Waals surface area contributed by atoms with Gasteiger partial charge in [0.1, 0.15) is 11.9 Å². The molecule has 1 heterocycles. The first-order valence-electron chi connectivity index (χ1n) is 8.07. The minimum atomic E-state index is -0.146. The van der Waals surface area contributed by atoms with Crippen molar-refractivity contribution < 1.29 is 9.53 Å². The van der Waals surface area contributed by atoms with Gasteiger partial charge in [0.2, 0.25) is 0 Å². The summed E-state index contributed by atoms with van der Waals surface area (Å²) in [6, 6.07) is 19.2. The number of carbonyl (C=O) groups is 1. The van der Waals surface area contributed by atoms with Crippen molar-refractivity contribution in [3.8, 4) is 5.75 Å². The molecule has 126 valence electrons. The van der Waals surface area contributed by atoms with Crippen molar-refractivity contribution in [3.63, 3.8) is 0 Å². The van der Waals surface area contributed by atoms with E-state index in [1.807, 2.05) is 67.6 Å². The molecule has 0 radical (unpaired) electrons. The Morgan fingerprint density at radius 3 is 2.64 bits per heavy atom. The molecule has 0 unspecified atom stereocenters. The van der Waals surface area contributed by atoms with Gasteiger partial charge < -0.3 is 4.74 Å². The van der Waals surface area contributed by atoms with E-state index in [4.69, 9.17) is 4.74 Å². The summed E-state index contributed by atoms with van der Waals surface area (Å²) in [6.07, 6.45) is 3.55. The fourth-order valence-corrected chi connectivity index (χ4v) is 2.95. The molecule has 3 nitrogen and oxygen atoms in total. The quantitative estimate of drug-likeness (QED) is 0.523. The van der Waals surface area contributed by atoms with Gasteiger partial charge >= 0.3 is 0 Å². The second-order valence-corrected chi connectivity index (χ2v) is 6.69. The summed E-state index contributed by atoms with van der Waals surface area (Å²) in [5, 5.41) is 0. The van der Waals surface area contributed by atoms with Gasteiger partial charge in [-0.1, -0.05) is 52.3 Å². The number of aromatic nitrogens is 1. The lowest BCUT2D eigenvalue weighted by atomic mass is 10.0. The highest BCUT2D eigenvalue weighted by Gasteiger charge is 2.16. The zero-order chi connectivity index (χ0) is 17.6. The summed E-state index contributed by atoms with van der Waals surface area (Å²) < 4.78 is 6.94. The van der Waals surface area contributed by atoms with Gasteiger partial charge in [-0.15, -0.1) is 0 Å². The number of carbonyl (C=O) groups excluding carboxylic acids is 1. The molecule has 3 aromatic rings. The first-order chi connectivity index (χ1) is 12.1. The van der Waals surface area contributed by atoms with E-state index in [1.54, 1.807) is 12.4 Å². The number of Topliss-reactive ketones (excluding diaryl/α,β-unsaturated/α-hetero) is 1. The molecule has 0 aliphatic rings. The highest BCUT2D eigenvalue weighted by molar-refractivity contribution is 9.10. The van der Waals surface area contributed by atoms with Crippen LogP contribution >= 0.6 is 15.9 Å². The summed E-state index contributed by atoms with van der Waals surface area (Å²) in [7, 11) is 0. The van der Waals surface area contributed by atoms with E-state index >= 15 is 0 Å². The number of pyridine rings is 1. The number of ether oxygens (including phenoxy) is 1. The lowest BCUT2D eigenvalue weighted by molar-refractivity contribution is 0.0986. The SMILES string of the molecule is C[C@@H](Oc1ccc(Br)cc1C(=O)Cc1cccnc1)c1ccccc1. The number of nitrogens with zero attached hydrogens (tertiary/aromatic N) is 1. The maximum atomic E-state index is 12.8. The molecule has 0 aliphatic carbocycles. The van der Waals surface area contributed by atoms with Crippen molar-refractivity contribution in [3.05, 3.63) is 94.2 Å². The van der Waals surface area contributed by atoms with E-state index in [2.05, 4.69) is 20.9 Å². The van der Waals surface area contributed by atoms with Gasteiger partial charge in [0, 0.05) is 23.3 Å². The monoisotopic (exact) mass is 395 g/mol. The van der Waals surface area contributed by atoms with E-state index in [1.165, 1.54) is 0 Å². The standard InChI is InChI=1S/C21H18BrNO2/c1-15(17-7-3-2-4-8-17)25-21-10-9-18(22)13-19(21)20(24)12-16-6-5-11-23-14-16/h2-11,13-15H,12H2,1H3/t15-/m1/s1. The van der Waals surface area contributed by atoms with Crippen molar-refractivity contribution in [2.45, 2.75) is 19.4 Å². The van der Waals surface area contributed by atoms with Crippen LogP contribution in [-0.4, -0.2) is 10.8 Å². The van der Waals surface area contributed by atoms with Crippen LogP contribution in [0, 0.1) is 0 Å². The number of hydrogen-bond acceptors (Lipinski definition) is 3. The Morgan fingerprint density at radius 1 is 1.12 bits per heavy atom. The fraction of sp³-hybridized carbons (Fsp3) is 0.143. The zero-order valence-electron chi connectivity index (χ0n) is 13.9. The molecule has 2 aromatic carbocycles. The maximum absolute atomic E-state index is 12.8. The molecule has 0 saturated heterocycles. The van der Waals surface area contributed by atoms with E-state index in [-0.39, 0.29) is 11.9 Å². The van der Waals surface area contributed by atoms with Crippen LogP contribution in [0.1, 0.15) is 34.5 Å². The minimum Gasteiger partial charge on any atom is -0.485 e. The lowest BCUT2D eigenvalue weighted by Gasteiger charge is -2.18. The van der Waals surface area contributed by atoms with Crippen LogP contribution in [0.4, 0.5) is 0 Å². The summed E-state index contributed by atoms with van der Waals surface area (Å²) in [5.41, 5.74) is 2.52. The van der Waals surface area contributed by atoms with E-state index < -0.39 is 0 Å². The van der Waals surface area contributed by atoms with Gasteiger partial charge in [-0.3, -0.25) is 9.78 Å². The second-order valence-electron chi connectivity index (χ2n) is 5.77. The topological polar surface area (TPSA) is 39.2 Å². The molecule has 0 fully saturated rings. The number of halogens is 1. The maximum Gasteiger partial charge on any atom is 0.171 e. The average Bonchev–Trinajstić information content (AvgIpc) is 2.64. The minimum absolute atomic E-state index is 0.00422. The van der Waals surface area contributed by atoms with Gasteiger partial charge in [-0.2, -0.15) is 0 Å². The van der Waals surface area contributed by atoms with E-state index in [0.717, 1.165) is 15.6 Å². The Bertz CT molecular complexity index is 850. The number of benzene rings is 2. The molecule has 0 aliphatic heterocycles. The highest BCUT2D eigenvalue weighted by atomic mass is 79.9. The van der Waals surface area contributed by atoms with Crippen LogP contribution < -0.4 is 4.74 Å². The summed E-state index contributed by atoms with van der Waals surface area (Å²) >= 11 is 3.44. The molecule has 0 amide bonds. The molecule has 0 saturated carbocycles. The van der Waals surface area contributed by atoms with Crippen molar-refractivity contribution >= 4 is 21.7 Å². The van der Waals surface area contributed by atoms with Gasteiger partial charge in [-0.25, -0.2) is 0 Å². The molecule has 0 bridgehead atoms. The molecule has 25 heavy (non-hydrogen) atoms. The first-order valence-corrected chi connectivity index (χ1v) is 8.86. The molecular weight excluding hydrogens is 378 g/mol. The second kappa shape index (κ2) is 8.08. The Hall–Kier alpha value is -2.46. The van der Waals surface area contributed by atoms with Crippen molar-refractivity contribution in [2.24, 2.45) is 0 Å². The number of hydrogen-bond donors (Lipinski definition) is 0. The predicted molar refractivity (Wildman–Crippen MR) is 102 cm³/mol. The first kappa shape index (κ1) is 17.4. The Kier molecular flexibility index (Phi) is 5.61. The van der Waals surface area contributed by atoms with Crippen molar-refractivity contribution in [2.75, 3.05) is 0 Å². The predicted octanol–water partition coefficient (Wildman–Crippen LogP) is 5.41. The third kappa shape index (κ3) is 4.54. The van der Waals surface area contributed by atoms with Gasteiger partial charge in [0.15, 0.2) is 5.78 Å². The summed E-state index contributed by atoms with van der Waals surface area (Å²) in [4.78, 5) is 16.8. The summed E-state index contributed by atoms with van der Waals surface area (Å²) in [5.74, 6) is 0.595. The van der Waals surface area contributed by atoms with Crippen LogP contribution in [0.5, 0.6) is 5.75 Å². The molecule has 1 atom stereocenters. The molecule has 1 aromatic heterocycles. The molecular formula is C21H18BrNO2. The van der Waals surface area contributed by atoms with Crippen LogP contribution in [0.2, 0.25) is 0 Å². The highest BCUT2D eigenvalue weighted by Crippen LogP contribution is 2.29. The van der Waals surface area contributed by atoms with Crippen LogP contribution in [-0.2, 0) is 6.42 Å². The van der Waals surface area contributed by atoms with Crippen molar-refractivity contribution in [1.29, 1.82) is 0 Å². The fourth-order valence-electron chi connectivity index (χ4n) is 2.59. The third-order valence-electron chi connectivity index (χ3n) is 3.90. The van der Waals surface area contributed by atoms with Crippen molar-refractivity contribution in [1.82, 2.24) is 4.98 Å². The van der Waals surface area contributed by atoms with E-state index in [0.29, 0.717) is 17.7 Å². The Labute approximate surface area is 155 Å². The molecule has 0 N–H and O–H groups in total. The number of rotatable bonds is 6. The largest absolute Gasteiger partial charge is 0.485 e.